The fraction of sp³-hybridized carbons (Fsp3) is 0.467. The van der Waals surface area contributed by atoms with Crippen LogP contribution in [-0.2, 0) is 38.6 Å². The summed E-state index contributed by atoms with van der Waals surface area (Å²) in [7, 11) is 0. The highest BCUT2D eigenvalue weighted by molar-refractivity contribution is 5.91. The first-order chi connectivity index (χ1) is 18.5. The Labute approximate surface area is 223 Å². The van der Waals surface area contributed by atoms with Crippen molar-refractivity contribution in [3.63, 3.8) is 0 Å². The lowest BCUT2D eigenvalue weighted by molar-refractivity contribution is -0.148. The van der Waals surface area contributed by atoms with Crippen LogP contribution in [0.2, 0.25) is 0 Å². The quantitative estimate of drug-likeness (QED) is 0.523. The molecule has 5 rings (SSSR count). The van der Waals surface area contributed by atoms with E-state index in [9.17, 15) is 19.2 Å². The van der Waals surface area contributed by atoms with Crippen molar-refractivity contribution in [1.29, 1.82) is 0 Å². The Bertz CT molecular complexity index is 1160. The number of amides is 3. The Morgan fingerprint density at radius 1 is 0.974 bits per heavy atom. The second-order valence-electron chi connectivity index (χ2n) is 10.6. The zero-order valence-electron chi connectivity index (χ0n) is 21.7. The predicted molar refractivity (Wildman–Crippen MR) is 143 cm³/mol. The van der Waals surface area contributed by atoms with Gasteiger partial charge in [-0.15, -0.1) is 0 Å². The van der Waals surface area contributed by atoms with Crippen LogP contribution < -0.4 is 10.6 Å². The number of rotatable bonds is 8. The van der Waals surface area contributed by atoms with E-state index < -0.39 is 18.1 Å². The Balaban J connectivity index is 1.37. The molecule has 2 saturated heterocycles. The van der Waals surface area contributed by atoms with E-state index in [1.54, 1.807) is 9.80 Å². The molecular formula is C30H36N4O4. The third-order valence-corrected chi connectivity index (χ3v) is 8.06. The molecule has 200 valence electrons. The molecule has 3 aliphatic rings. The fourth-order valence-corrected chi connectivity index (χ4v) is 6.02. The molecule has 2 aromatic carbocycles. The molecule has 8 heteroatoms. The second kappa shape index (κ2) is 11.9. The second-order valence-corrected chi connectivity index (χ2v) is 10.6. The molecule has 0 aliphatic carbocycles. The number of carbonyl (C=O) groups is 4. The minimum Gasteiger partial charge on any atom is -0.351 e. The van der Waals surface area contributed by atoms with Gasteiger partial charge in [0.2, 0.25) is 17.7 Å². The van der Waals surface area contributed by atoms with Gasteiger partial charge in [-0.25, -0.2) is 0 Å². The van der Waals surface area contributed by atoms with Gasteiger partial charge >= 0.3 is 0 Å². The van der Waals surface area contributed by atoms with E-state index in [2.05, 4.69) is 10.6 Å². The number of nitrogens with one attached hydrogen (secondary N) is 2. The summed E-state index contributed by atoms with van der Waals surface area (Å²) in [6.07, 6.45) is 5.06. The Kier molecular flexibility index (Phi) is 8.17. The first kappa shape index (κ1) is 26.1. The number of nitrogens with zero attached hydrogens (tertiary/aromatic N) is 2. The zero-order chi connectivity index (χ0) is 26.5. The fourth-order valence-electron chi connectivity index (χ4n) is 6.02. The van der Waals surface area contributed by atoms with Crippen LogP contribution in [0.3, 0.4) is 0 Å². The van der Waals surface area contributed by atoms with Crippen molar-refractivity contribution in [2.75, 3.05) is 13.1 Å². The van der Waals surface area contributed by atoms with Crippen molar-refractivity contribution in [3.8, 4) is 0 Å². The summed E-state index contributed by atoms with van der Waals surface area (Å²) in [5.41, 5.74) is 3.11. The van der Waals surface area contributed by atoms with Gasteiger partial charge in [0.05, 0.1) is 12.1 Å². The summed E-state index contributed by atoms with van der Waals surface area (Å²) < 4.78 is 0. The van der Waals surface area contributed by atoms with Gasteiger partial charge in [-0.05, 0) is 55.3 Å². The number of hydrogen-bond donors (Lipinski definition) is 2. The lowest BCUT2D eigenvalue weighted by Crippen LogP contribution is -2.56. The molecular weight excluding hydrogens is 480 g/mol. The molecule has 0 spiro atoms. The van der Waals surface area contributed by atoms with Crippen molar-refractivity contribution in [1.82, 2.24) is 20.4 Å². The van der Waals surface area contributed by atoms with Crippen LogP contribution in [0.4, 0.5) is 0 Å². The molecule has 0 saturated carbocycles. The summed E-state index contributed by atoms with van der Waals surface area (Å²) in [5, 5.41) is 6.35. The van der Waals surface area contributed by atoms with E-state index in [0.717, 1.165) is 48.8 Å². The van der Waals surface area contributed by atoms with Gasteiger partial charge in [-0.1, -0.05) is 54.6 Å². The Hall–Kier alpha value is -3.52. The number of benzene rings is 2. The van der Waals surface area contributed by atoms with E-state index >= 15 is 0 Å². The molecule has 4 atom stereocenters. The lowest BCUT2D eigenvalue weighted by Gasteiger charge is -2.39. The molecule has 3 aliphatic heterocycles. The predicted octanol–water partition coefficient (Wildman–Crippen LogP) is 2.00. The topological polar surface area (TPSA) is 98.8 Å². The zero-order valence-corrected chi connectivity index (χ0v) is 21.7. The van der Waals surface area contributed by atoms with Crippen molar-refractivity contribution >= 4 is 24.0 Å². The number of hydrogen-bond acceptors (Lipinski definition) is 5. The maximum Gasteiger partial charge on any atom is 0.246 e. The lowest BCUT2D eigenvalue weighted by atomic mass is 9.92. The van der Waals surface area contributed by atoms with E-state index in [4.69, 9.17) is 0 Å². The average Bonchev–Trinajstić information content (AvgIpc) is 3.65. The summed E-state index contributed by atoms with van der Waals surface area (Å²) in [6.45, 7) is 1.68. The SMILES string of the molecule is O=C[C@@H]1CCCN1C(=O)[C@@H]1Cc2ccccc2CN1C(=O)C[C@H](Cc1ccccc1)NC(=O)[C@@H]1CCCN1. The van der Waals surface area contributed by atoms with Crippen LogP contribution in [0.1, 0.15) is 48.8 Å². The van der Waals surface area contributed by atoms with E-state index in [0.29, 0.717) is 32.4 Å². The number of carbonyl (C=O) groups excluding carboxylic acids is 4. The van der Waals surface area contributed by atoms with Gasteiger partial charge < -0.3 is 25.2 Å². The van der Waals surface area contributed by atoms with Crippen LogP contribution in [0.25, 0.3) is 0 Å². The maximum atomic E-state index is 13.9. The number of aldehydes is 1. The molecule has 38 heavy (non-hydrogen) atoms. The molecule has 2 aromatic rings. The summed E-state index contributed by atoms with van der Waals surface area (Å²) in [6, 6.07) is 16.0. The van der Waals surface area contributed by atoms with E-state index in [1.807, 2.05) is 54.6 Å². The van der Waals surface area contributed by atoms with E-state index in [1.165, 1.54) is 0 Å². The van der Waals surface area contributed by atoms with Crippen molar-refractivity contribution in [3.05, 3.63) is 71.3 Å². The molecule has 0 bridgehead atoms. The molecule has 2 N–H and O–H groups in total. The highest BCUT2D eigenvalue weighted by Gasteiger charge is 2.40. The van der Waals surface area contributed by atoms with Crippen LogP contribution in [-0.4, -0.2) is 71.1 Å². The molecule has 0 radical (unpaired) electrons. The third kappa shape index (κ3) is 5.80. The normalized spacial score (nSPS) is 23.5. The van der Waals surface area contributed by atoms with Crippen LogP contribution in [0, 0.1) is 0 Å². The van der Waals surface area contributed by atoms with Crippen LogP contribution in [0.15, 0.2) is 54.6 Å². The number of likely N-dealkylation sites (tertiary alicyclic amines) is 1. The summed E-state index contributed by atoms with van der Waals surface area (Å²) >= 11 is 0. The van der Waals surface area contributed by atoms with Crippen LogP contribution in [0.5, 0.6) is 0 Å². The highest BCUT2D eigenvalue weighted by atomic mass is 16.2. The minimum atomic E-state index is -0.664. The van der Waals surface area contributed by atoms with Gasteiger partial charge in [0, 0.05) is 32.0 Å². The molecule has 0 aromatic heterocycles. The average molecular weight is 517 g/mol. The largest absolute Gasteiger partial charge is 0.351 e. The van der Waals surface area contributed by atoms with Gasteiger partial charge in [0.15, 0.2) is 0 Å². The first-order valence-corrected chi connectivity index (χ1v) is 13.7. The molecule has 8 nitrogen and oxygen atoms in total. The molecule has 3 heterocycles. The molecule has 2 fully saturated rings. The van der Waals surface area contributed by atoms with Gasteiger partial charge in [-0.3, -0.25) is 14.4 Å². The monoisotopic (exact) mass is 516 g/mol. The third-order valence-electron chi connectivity index (χ3n) is 8.06. The minimum absolute atomic E-state index is 0.0845. The summed E-state index contributed by atoms with van der Waals surface area (Å²) in [5.74, 6) is -0.416. The Morgan fingerprint density at radius 3 is 2.47 bits per heavy atom. The van der Waals surface area contributed by atoms with Crippen molar-refractivity contribution in [2.45, 2.75) is 75.7 Å². The molecule has 3 amide bonds. The van der Waals surface area contributed by atoms with Gasteiger partial charge in [0.1, 0.15) is 12.3 Å². The summed E-state index contributed by atoms with van der Waals surface area (Å²) in [4.78, 5) is 55.6. The van der Waals surface area contributed by atoms with Crippen LogP contribution >= 0.6 is 0 Å². The van der Waals surface area contributed by atoms with Crippen molar-refractivity contribution < 1.29 is 19.2 Å². The van der Waals surface area contributed by atoms with E-state index in [-0.39, 0.29) is 30.2 Å². The smallest absolute Gasteiger partial charge is 0.246 e. The van der Waals surface area contributed by atoms with Gasteiger partial charge in [0.25, 0.3) is 0 Å². The molecule has 0 unspecified atom stereocenters. The van der Waals surface area contributed by atoms with Gasteiger partial charge in [-0.2, -0.15) is 0 Å². The van der Waals surface area contributed by atoms with Crippen molar-refractivity contribution in [2.24, 2.45) is 0 Å². The number of fused-ring (bicyclic) bond motifs is 1. The highest BCUT2D eigenvalue weighted by Crippen LogP contribution is 2.28. The Morgan fingerprint density at radius 2 is 1.74 bits per heavy atom. The first-order valence-electron chi connectivity index (χ1n) is 13.7. The standard InChI is InChI=1S/C30H36N4O4/c35-20-25-12-7-15-33(25)30(38)27-17-22-10-4-5-11-23(22)19-34(27)28(36)18-24(16-21-8-2-1-3-9-21)32-29(37)26-13-6-14-31-26/h1-5,8-11,20,24-27,31H,6-7,12-19H2,(H,32,37)/t24-,25-,26-,27-/m0/s1. The maximum absolute atomic E-state index is 13.9.